The van der Waals surface area contributed by atoms with Crippen LogP contribution in [0.4, 0.5) is 0 Å². The Balaban J connectivity index is 4.31. The van der Waals surface area contributed by atoms with E-state index in [2.05, 4.69) is 26.2 Å². The van der Waals surface area contributed by atoms with Crippen LogP contribution in [0.1, 0.15) is 72.1 Å². The Bertz CT molecular complexity index is 214. The first-order chi connectivity index (χ1) is 7.60. The van der Waals surface area contributed by atoms with Crippen LogP contribution in [0, 0.1) is 0 Å². The number of unbranched alkanes of at least 4 members (excludes halogenated alkanes) is 4. The summed E-state index contributed by atoms with van der Waals surface area (Å²) in [6.45, 7) is 9.98. The summed E-state index contributed by atoms with van der Waals surface area (Å²) in [5.74, 6) is 0. The molecule has 0 saturated heterocycles. The van der Waals surface area contributed by atoms with Crippen molar-refractivity contribution >= 4 is 0 Å². The summed E-state index contributed by atoms with van der Waals surface area (Å²) in [6.07, 6.45) is 8.69. The minimum atomic E-state index is -0.647. The van der Waals surface area contributed by atoms with Crippen molar-refractivity contribution in [1.29, 1.82) is 0 Å². The summed E-state index contributed by atoms with van der Waals surface area (Å²) in [6, 6.07) is 0. The van der Waals surface area contributed by atoms with Crippen LogP contribution in [0.15, 0.2) is 17.9 Å². The second kappa shape index (κ2) is 8.61. The maximum absolute atomic E-state index is 10.6. The van der Waals surface area contributed by atoms with Gasteiger partial charge >= 0.3 is 0 Å². The molecule has 1 N–H and O–H groups in total. The molecule has 0 aromatic carbocycles. The molecule has 0 aliphatic carbocycles. The smallest absolute Gasteiger partial charge is 0.0927 e. The van der Waals surface area contributed by atoms with Crippen LogP contribution >= 0.6 is 0 Å². The van der Waals surface area contributed by atoms with Crippen molar-refractivity contribution < 1.29 is 5.11 Å². The van der Waals surface area contributed by atoms with E-state index in [4.69, 9.17) is 0 Å². The van der Waals surface area contributed by atoms with Crippen LogP contribution in [0.5, 0.6) is 0 Å². The molecule has 0 amide bonds. The summed E-state index contributed by atoms with van der Waals surface area (Å²) >= 11 is 0. The maximum atomic E-state index is 10.6. The normalized spacial score (nSPS) is 11.2. The molecule has 0 aliphatic heterocycles. The van der Waals surface area contributed by atoms with E-state index >= 15 is 0 Å². The second-order valence-corrected chi connectivity index (χ2v) is 4.75. The summed E-state index contributed by atoms with van der Waals surface area (Å²) in [4.78, 5) is 0. The van der Waals surface area contributed by atoms with Crippen LogP contribution < -0.4 is 0 Å². The zero-order chi connectivity index (χ0) is 12.4. The van der Waals surface area contributed by atoms with E-state index < -0.39 is 5.60 Å². The van der Waals surface area contributed by atoms with Gasteiger partial charge in [-0.3, -0.25) is 0 Å². The number of hydrogen-bond acceptors (Lipinski definition) is 1. The first-order valence-electron chi connectivity index (χ1n) is 6.70. The summed E-state index contributed by atoms with van der Waals surface area (Å²) < 4.78 is 0. The third-order valence-electron chi connectivity index (χ3n) is 3.35. The zero-order valence-corrected chi connectivity index (χ0v) is 11.3. The van der Waals surface area contributed by atoms with E-state index in [9.17, 15) is 5.11 Å². The van der Waals surface area contributed by atoms with Gasteiger partial charge in [0.1, 0.15) is 0 Å². The van der Waals surface area contributed by atoms with Crippen LogP contribution in [0.25, 0.3) is 0 Å². The van der Waals surface area contributed by atoms with E-state index in [0.29, 0.717) is 0 Å². The van der Waals surface area contributed by atoms with Crippen LogP contribution in [-0.4, -0.2) is 10.7 Å². The lowest BCUT2D eigenvalue weighted by Gasteiger charge is -2.28. The lowest BCUT2D eigenvalue weighted by molar-refractivity contribution is 0.0547. The Hall–Kier alpha value is -0.520. The fourth-order valence-electron chi connectivity index (χ4n) is 2.00. The second-order valence-electron chi connectivity index (χ2n) is 4.75. The number of rotatable bonds is 9. The highest BCUT2D eigenvalue weighted by Gasteiger charge is 2.27. The van der Waals surface area contributed by atoms with E-state index in [1.807, 2.05) is 6.92 Å². The van der Waals surface area contributed by atoms with Crippen molar-refractivity contribution in [2.45, 2.75) is 77.7 Å². The molecule has 1 nitrogen and oxygen atoms in total. The highest BCUT2D eigenvalue weighted by Crippen LogP contribution is 2.29. The Morgan fingerprint density at radius 3 is 1.81 bits per heavy atom. The Labute approximate surface area is 101 Å². The number of aliphatic hydroxyl groups is 1. The van der Waals surface area contributed by atoms with Gasteiger partial charge in [0.25, 0.3) is 0 Å². The molecule has 0 aromatic rings. The van der Waals surface area contributed by atoms with Gasteiger partial charge < -0.3 is 5.11 Å². The van der Waals surface area contributed by atoms with Crippen LogP contribution in [-0.2, 0) is 0 Å². The molecule has 0 radical (unpaired) electrons. The molecule has 0 saturated carbocycles. The zero-order valence-electron chi connectivity index (χ0n) is 11.3. The first-order valence-corrected chi connectivity index (χ1v) is 6.70. The predicted octanol–water partition coefficient (Wildman–Crippen LogP) is 4.61. The molecule has 0 aromatic heterocycles. The molecule has 16 heavy (non-hydrogen) atoms. The average molecular weight is 224 g/mol. The van der Waals surface area contributed by atoms with Crippen LogP contribution in [0.3, 0.4) is 0 Å². The van der Waals surface area contributed by atoms with Gasteiger partial charge in [-0.1, -0.05) is 59.0 Å². The van der Waals surface area contributed by atoms with E-state index in [0.717, 1.165) is 31.3 Å². The van der Waals surface area contributed by atoms with Crippen molar-refractivity contribution in [3.63, 3.8) is 0 Å². The van der Waals surface area contributed by atoms with Crippen LogP contribution in [0.2, 0.25) is 0 Å². The standard InChI is InChI=1S/C15H28O/c1-5-8-10-12-15(16,14(4)7-3)13-11-9-6-2/h16H,3,5-6,8-13H2,1-2,4H3. The summed E-state index contributed by atoms with van der Waals surface area (Å²) in [7, 11) is 0. The van der Waals surface area contributed by atoms with Gasteiger partial charge in [0.2, 0.25) is 0 Å². The van der Waals surface area contributed by atoms with Crippen molar-refractivity contribution in [1.82, 2.24) is 0 Å². The quantitative estimate of drug-likeness (QED) is 0.448. The highest BCUT2D eigenvalue weighted by atomic mass is 16.3. The monoisotopic (exact) mass is 224 g/mol. The fourth-order valence-corrected chi connectivity index (χ4v) is 2.00. The highest BCUT2D eigenvalue weighted by molar-refractivity contribution is 5.12. The average Bonchev–Trinajstić information content (AvgIpc) is 2.28. The molecule has 0 heterocycles. The van der Waals surface area contributed by atoms with Crippen molar-refractivity contribution in [3.05, 3.63) is 17.9 Å². The van der Waals surface area contributed by atoms with Crippen molar-refractivity contribution in [2.24, 2.45) is 0 Å². The van der Waals surface area contributed by atoms with Gasteiger partial charge in [-0.25, -0.2) is 0 Å². The van der Waals surface area contributed by atoms with Gasteiger partial charge in [0, 0.05) is 0 Å². The molecule has 0 atom stereocenters. The molecular weight excluding hydrogens is 196 g/mol. The molecule has 0 rings (SSSR count). The lowest BCUT2D eigenvalue weighted by Crippen LogP contribution is -2.29. The van der Waals surface area contributed by atoms with Gasteiger partial charge in [-0.2, -0.15) is 0 Å². The molecular formula is C15H28O. The molecule has 0 spiro atoms. The summed E-state index contributed by atoms with van der Waals surface area (Å²) in [5.41, 5.74) is 3.15. The predicted molar refractivity (Wildman–Crippen MR) is 71.6 cm³/mol. The SMILES string of the molecule is C=C=C(C)C(O)(CCCCC)CCCCC. The van der Waals surface area contributed by atoms with Gasteiger partial charge in [0.15, 0.2) is 0 Å². The molecule has 0 unspecified atom stereocenters. The maximum Gasteiger partial charge on any atom is 0.0927 e. The third kappa shape index (κ3) is 5.53. The molecule has 0 fully saturated rings. The van der Waals surface area contributed by atoms with Crippen molar-refractivity contribution in [2.75, 3.05) is 0 Å². The topological polar surface area (TPSA) is 20.2 Å². The Morgan fingerprint density at radius 2 is 1.50 bits per heavy atom. The molecule has 0 aliphatic rings. The third-order valence-corrected chi connectivity index (χ3v) is 3.35. The Morgan fingerprint density at radius 1 is 1.06 bits per heavy atom. The van der Waals surface area contributed by atoms with Gasteiger partial charge in [-0.15, -0.1) is 5.73 Å². The largest absolute Gasteiger partial charge is 0.385 e. The van der Waals surface area contributed by atoms with Gasteiger partial charge in [-0.05, 0) is 25.3 Å². The fraction of sp³-hybridized carbons (Fsp3) is 0.800. The van der Waals surface area contributed by atoms with E-state index in [-0.39, 0.29) is 0 Å². The van der Waals surface area contributed by atoms with Crippen molar-refractivity contribution in [3.8, 4) is 0 Å². The molecule has 94 valence electrons. The summed E-state index contributed by atoms with van der Waals surface area (Å²) in [5, 5.41) is 10.6. The van der Waals surface area contributed by atoms with Gasteiger partial charge in [0.05, 0.1) is 5.60 Å². The lowest BCUT2D eigenvalue weighted by atomic mass is 9.84. The first kappa shape index (κ1) is 15.5. The van der Waals surface area contributed by atoms with E-state index in [1.165, 1.54) is 25.7 Å². The minimum absolute atomic E-state index is 0.647. The molecule has 0 bridgehead atoms. The van der Waals surface area contributed by atoms with E-state index in [1.54, 1.807) is 0 Å². The Kier molecular flexibility index (Phi) is 8.33. The minimum Gasteiger partial charge on any atom is -0.385 e. The number of hydrogen-bond donors (Lipinski definition) is 1. The molecule has 1 heteroatoms.